The molecule has 0 aliphatic carbocycles. The molecule has 2 aliphatic heterocycles. The lowest BCUT2D eigenvalue weighted by atomic mass is 9.92. The van der Waals surface area contributed by atoms with Gasteiger partial charge in [0.15, 0.2) is 11.5 Å². The summed E-state index contributed by atoms with van der Waals surface area (Å²) in [5, 5.41) is 5.14. The van der Waals surface area contributed by atoms with E-state index in [1.807, 2.05) is 40.6 Å². The van der Waals surface area contributed by atoms with E-state index in [1.165, 1.54) is 11.3 Å². The van der Waals surface area contributed by atoms with Gasteiger partial charge in [0.1, 0.15) is 13.2 Å². The molecule has 160 valence electrons. The van der Waals surface area contributed by atoms with Crippen LogP contribution in [0.5, 0.6) is 11.5 Å². The maximum atomic E-state index is 13.1. The topological polar surface area (TPSA) is 67.9 Å². The van der Waals surface area contributed by atoms with E-state index in [0.717, 1.165) is 34.8 Å². The summed E-state index contributed by atoms with van der Waals surface area (Å²) >= 11 is 1.44. The van der Waals surface area contributed by atoms with Crippen molar-refractivity contribution in [2.45, 2.75) is 32.7 Å². The summed E-state index contributed by atoms with van der Waals surface area (Å²) < 4.78 is 11.3. The molecule has 4 rings (SSSR count). The molecule has 30 heavy (non-hydrogen) atoms. The maximum Gasteiger partial charge on any atom is 0.263 e. The first-order chi connectivity index (χ1) is 14.5. The highest BCUT2D eigenvalue weighted by Crippen LogP contribution is 2.34. The van der Waals surface area contributed by atoms with E-state index in [2.05, 4.69) is 19.2 Å². The number of benzene rings is 1. The van der Waals surface area contributed by atoms with Gasteiger partial charge in [-0.15, -0.1) is 11.3 Å². The Bertz CT molecular complexity index is 897. The highest BCUT2D eigenvalue weighted by molar-refractivity contribution is 7.12. The lowest BCUT2D eigenvalue weighted by Gasteiger charge is -2.33. The van der Waals surface area contributed by atoms with Crippen molar-refractivity contribution >= 4 is 23.2 Å². The first-order valence-electron chi connectivity index (χ1n) is 10.6. The van der Waals surface area contributed by atoms with Crippen LogP contribution in [0.4, 0.5) is 0 Å². The minimum atomic E-state index is -0.193. The summed E-state index contributed by atoms with van der Waals surface area (Å²) in [6.07, 6.45) is 1.64. The third-order valence-electron chi connectivity index (χ3n) is 5.70. The average Bonchev–Trinajstić information content (AvgIpc) is 3.31. The van der Waals surface area contributed by atoms with Gasteiger partial charge in [-0.3, -0.25) is 9.59 Å². The second kappa shape index (κ2) is 9.08. The third-order valence-corrected chi connectivity index (χ3v) is 6.56. The zero-order valence-corrected chi connectivity index (χ0v) is 18.2. The number of carbonyl (C=O) groups excluding carboxylic acids is 2. The van der Waals surface area contributed by atoms with Crippen molar-refractivity contribution in [2.24, 2.45) is 11.8 Å². The van der Waals surface area contributed by atoms with Crippen LogP contribution in [0.1, 0.15) is 48.0 Å². The van der Waals surface area contributed by atoms with E-state index in [0.29, 0.717) is 26.3 Å². The molecule has 3 heterocycles. The van der Waals surface area contributed by atoms with Gasteiger partial charge in [-0.05, 0) is 47.9 Å². The predicted octanol–water partition coefficient (Wildman–Crippen LogP) is 3.89. The van der Waals surface area contributed by atoms with Crippen LogP contribution in [0.3, 0.4) is 0 Å². The summed E-state index contributed by atoms with van der Waals surface area (Å²) in [6.45, 7) is 6.44. The number of hydrogen-bond acceptors (Lipinski definition) is 5. The van der Waals surface area contributed by atoms with E-state index in [-0.39, 0.29) is 29.7 Å². The number of amides is 2. The van der Waals surface area contributed by atoms with Crippen LogP contribution in [0.15, 0.2) is 35.7 Å². The molecule has 0 radical (unpaired) electrons. The van der Waals surface area contributed by atoms with Crippen LogP contribution in [-0.4, -0.2) is 43.0 Å². The van der Waals surface area contributed by atoms with Gasteiger partial charge < -0.3 is 19.7 Å². The highest BCUT2D eigenvalue weighted by Gasteiger charge is 2.31. The molecule has 2 amide bonds. The van der Waals surface area contributed by atoms with Crippen molar-refractivity contribution in [3.05, 3.63) is 46.2 Å². The number of piperidine rings is 1. The zero-order valence-electron chi connectivity index (χ0n) is 17.4. The normalized spacial score (nSPS) is 19.4. The number of fused-ring (bicyclic) bond motifs is 1. The average molecular weight is 429 g/mol. The molecule has 2 aromatic rings. The Labute approximate surface area is 181 Å². The largest absolute Gasteiger partial charge is 0.486 e. The van der Waals surface area contributed by atoms with Crippen LogP contribution in [0.2, 0.25) is 0 Å². The number of nitrogens with one attached hydrogen (secondary N) is 1. The summed E-state index contributed by atoms with van der Waals surface area (Å²) in [6, 6.07) is 9.46. The van der Waals surface area contributed by atoms with E-state index in [9.17, 15) is 9.59 Å². The van der Waals surface area contributed by atoms with Gasteiger partial charge in [0.05, 0.1) is 16.8 Å². The lowest BCUT2D eigenvalue weighted by Crippen LogP contribution is -2.46. The molecule has 1 fully saturated rings. The maximum absolute atomic E-state index is 13.1. The molecule has 0 bridgehead atoms. The van der Waals surface area contributed by atoms with Crippen molar-refractivity contribution in [2.75, 3.05) is 26.3 Å². The number of rotatable bonds is 5. The SMILES string of the molecule is CC(C)[C@H](NC(=O)[C@@H]1CCCN(C(=O)c2cccs2)C1)c1ccc2c(c1)OCCO2. The summed E-state index contributed by atoms with van der Waals surface area (Å²) in [5.41, 5.74) is 1.00. The van der Waals surface area contributed by atoms with E-state index in [4.69, 9.17) is 9.47 Å². The Hall–Kier alpha value is -2.54. The van der Waals surface area contributed by atoms with Crippen LogP contribution in [0.25, 0.3) is 0 Å². The van der Waals surface area contributed by atoms with Crippen molar-refractivity contribution in [3.8, 4) is 11.5 Å². The summed E-state index contributed by atoms with van der Waals surface area (Å²) in [5.74, 6) is 1.52. The van der Waals surface area contributed by atoms with Gasteiger partial charge in [0, 0.05) is 13.1 Å². The molecule has 0 spiro atoms. The fourth-order valence-corrected chi connectivity index (χ4v) is 4.78. The molecule has 0 unspecified atom stereocenters. The molecular weight excluding hydrogens is 400 g/mol. The van der Waals surface area contributed by atoms with Gasteiger partial charge in [-0.2, -0.15) is 0 Å². The molecule has 1 aromatic carbocycles. The van der Waals surface area contributed by atoms with Gasteiger partial charge in [-0.1, -0.05) is 26.0 Å². The minimum absolute atomic E-state index is 0.00673. The van der Waals surface area contributed by atoms with Gasteiger partial charge in [0.2, 0.25) is 5.91 Å². The van der Waals surface area contributed by atoms with E-state index >= 15 is 0 Å². The van der Waals surface area contributed by atoms with Crippen LogP contribution < -0.4 is 14.8 Å². The third kappa shape index (κ3) is 4.46. The summed E-state index contributed by atoms with van der Waals surface area (Å²) in [7, 11) is 0. The van der Waals surface area contributed by atoms with Crippen molar-refractivity contribution < 1.29 is 19.1 Å². The Kier molecular flexibility index (Phi) is 6.27. The van der Waals surface area contributed by atoms with Gasteiger partial charge in [0.25, 0.3) is 5.91 Å². The number of hydrogen-bond donors (Lipinski definition) is 1. The second-order valence-electron chi connectivity index (χ2n) is 8.20. The number of ether oxygens (including phenoxy) is 2. The predicted molar refractivity (Wildman–Crippen MR) is 116 cm³/mol. The Morgan fingerprint density at radius 2 is 1.97 bits per heavy atom. The monoisotopic (exact) mass is 428 g/mol. The number of likely N-dealkylation sites (tertiary alicyclic amines) is 1. The molecule has 2 aliphatic rings. The standard InChI is InChI=1S/C23H28N2O4S/c1-15(2)21(16-7-8-18-19(13-16)29-11-10-28-18)24-22(26)17-5-3-9-25(14-17)23(27)20-6-4-12-30-20/h4,6-8,12-13,15,17,21H,3,5,9-11,14H2,1-2H3,(H,24,26)/t17-,21+/m1/s1. The van der Waals surface area contributed by atoms with E-state index in [1.54, 1.807) is 0 Å². The fraction of sp³-hybridized carbons (Fsp3) is 0.478. The Morgan fingerprint density at radius 1 is 1.17 bits per heavy atom. The Balaban J connectivity index is 1.44. The fourth-order valence-electron chi connectivity index (χ4n) is 4.09. The number of nitrogens with zero attached hydrogens (tertiary/aromatic N) is 1. The van der Waals surface area contributed by atoms with Gasteiger partial charge in [-0.25, -0.2) is 0 Å². The van der Waals surface area contributed by atoms with Crippen molar-refractivity contribution in [1.29, 1.82) is 0 Å². The highest BCUT2D eigenvalue weighted by atomic mass is 32.1. The number of carbonyl (C=O) groups is 2. The van der Waals surface area contributed by atoms with Crippen LogP contribution in [-0.2, 0) is 4.79 Å². The molecule has 6 nitrogen and oxygen atoms in total. The minimum Gasteiger partial charge on any atom is -0.486 e. The molecule has 1 N–H and O–H groups in total. The smallest absolute Gasteiger partial charge is 0.263 e. The van der Waals surface area contributed by atoms with E-state index < -0.39 is 0 Å². The Morgan fingerprint density at radius 3 is 2.70 bits per heavy atom. The zero-order chi connectivity index (χ0) is 21.1. The van der Waals surface area contributed by atoms with Crippen molar-refractivity contribution in [3.63, 3.8) is 0 Å². The molecular formula is C23H28N2O4S. The quantitative estimate of drug-likeness (QED) is 0.785. The molecule has 0 saturated carbocycles. The van der Waals surface area contributed by atoms with Crippen LogP contribution in [0, 0.1) is 11.8 Å². The van der Waals surface area contributed by atoms with Crippen LogP contribution >= 0.6 is 11.3 Å². The molecule has 1 saturated heterocycles. The summed E-state index contributed by atoms with van der Waals surface area (Å²) in [4.78, 5) is 28.4. The second-order valence-corrected chi connectivity index (χ2v) is 9.15. The first kappa shape index (κ1) is 20.7. The number of thiophene rings is 1. The van der Waals surface area contributed by atoms with Crippen molar-refractivity contribution in [1.82, 2.24) is 10.2 Å². The lowest BCUT2D eigenvalue weighted by molar-refractivity contribution is -0.127. The molecule has 2 atom stereocenters. The molecule has 1 aromatic heterocycles. The van der Waals surface area contributed by atoms with Gasteiger partial charge >= 0.3 is 0 Å². The molecule has 7 heteroatoms. The first-order valence-corrected chi connectivity index (χ1v) is 11.4.